The monoisotopic (exact) mass is 372 g/mol. The number of anilines is 1. The number of hydrogen-bond acceptors (Lipinski definition) is 3. The third-order valence-electron chi connectivity index (χ3n) is 2.95. The van der Waals surface area contributed by atoms with Gasteiger partial charge in [-0.25, -0.2) is 4.52 Å². The fourth-order valence-electron chi connectivity index (χ4n) is 2.04. The molecule has 1 fully saturated rings. The SMILES string of the molecule is O=C1CC(CBr)CN1c1nc2cc(Br)ccn2n1. The van der Waals surface area contributed by atoms with Crippen LogP contribution in [0.2, 0.25) is 0 Å². The maximum absolute atomic E-state index is 11.9. The molecular formula is C11H10Br2N4O. The van der Waals surface area contributed by atoms with Crippen molar-refractivity contribution in [2.75, 3.05) is 16.8 Å². The first-order chi connectivity index (χ1) is 8.67. The maximum Gasteiger partial charge on any atom is 0.252 e. The van der Waals surface area contributed by atoms with E-state index >= 15 is 0 Å². The van der Waals surface area contributed by atoms with Crippen LogP contribution in [0.25, 0.3) is 5.65 Å². The molecule has 0 aliphatic carbocycles. The van der Waals surface area contributed by atoms with Crippen LogP contribution in [-0.2, 0) is 4.79 Å². The van der Waals surface area contributed by atoms with Crippen molar-refractivity contribution in [3.05, 3.63) is 22.8 Å². The Morgan fingerprint density at radius 3 is 3.06 bits per heavy atom. The third-order valence-corrected chi connectivity index (χ3v) is 4.36. The molecule has 2 aromatic heterocycles. The van der Waals surface area contributed by atoms with Gasteiger partial charge in [0.25, 0.3) is 5.95 Å². The zero-order chi connectivity index (χ0) is 12.7. The molecule has 0 aromatic carbocycles. The van der Waals surface area contributed by atoms with Gasteiger partial charge in [-0.05, 0) is 18.1 Å². The van der Waals surface area contributed by atoms with Crippen molar-refractivity contribution in [2.24, 2.45) is 5.92 Å². The number of nitrogens with zero attached hydrogens (tertiary/aromatic N) is 4. The van der Waals surface area contributed by atoms with Gasteiger partial charge in [0.2, 0.25) is 5.91 Å². The molecule has 1 aliphatic rings. The van der Waals surface area contributed by atoms with E-state index in [4.69, 9.17) is 0 Å². The van der Waals surface area contributed by atoms with Crippen LogP contribution in [0.3, 0.4) is 0 Å². The van der Waals surface area contributed by atoms with Crippen LogP contribution in [0.15, 0.2) is 22.8 Å². The van der Waals surface area contributed by atoms with Crippen LogP contribution in [0.1, 0.15) is 6.42 Å². The summed E-state index contributed by atoms with van der Waals surface area (Å²) in [5, 5.41) is 5.16. The highest BCUT2D eigenvalue weighted by molar-refractivity contribution is 9.10. The third kappa shape index (κ3) is 2.05. The van der Waals surface area contributed by atoms with Crippen molar-refractivity contribution in [3.63, 3.8) is 0 Å². The molecule has 0 N–H and O–H groups in total. The van der Waals surface area contributed by atoms with Gasteiger partial charge in [-0.15, -0.1) is 5.10 Å². The van der Waals surface area contributed by atoms with Crippen molar-refractivity contribution < 1.29 is 4.79 Å². The maximum atomic E-state index is 11.9. The molecule has 0 spiro atoms. The van der Waals surface area contributed by atoms with Gasteiger partial charge >= 0.3 is 0 Å². The molecule has 5 nitrogen and oxygen atoms in total. The Bertz CT molecular complexity index is 612. The lowest BCUT2D eigenvalue weighted by atomic mass is 10.2. The number of aromatic nitrogens is 3. The topological polar surface area (TPSA) is 50.5 Å². The molecule has 1 aliphatic heterocycles. The largest absolute Gasteiger partial charge is 0.279 e. The summed E-state index contributed by atoms with van der Waals surface area (Å²) in [6, 6.07) is 3.76. The highest BCUT2D eigenvalue weighted by Crippen LogP contribution is 2.24. The Hall–Kier alpha value is -0.950. The van der Waals surface area contributed by atoms with Crippen LogP contribution in [0.4, 0.5) is 5.95 Å². The molecule has 18 heavy (non-hydrogen) atoms. The van der Waals surface area contributed by atoms with Gasteiger partial charge in [-0.1, -0.05) is 31.9 Å². The van der Waals surface area contributed by atoms with E-state index in [-0.39, 0.29) is 5.91 Å². The summed E-state index contributed by atoms with van der Waals surface area (Å²) in [5.41, 5.74) is 0.731. The lowest BCUT2D eigenvalue weighted by molar-refractivity contribution is -0.117. The van der Waals surface area contributed by atoms with Crippen molar-refractivity contribution in [3.8, 4) is 0 Å². The Labute approximate surface area is 120 Å². The first-order valence-electron chi connectivity index (χ1n) is 5.55. The molecule has 1 amide bonds. The van der Waals surface area contributed by atoms with E-state index in [2.05, 4.69) is 41.9 Å². The van der Waals surface area contributed by atoms with Crippen LogP contribution in [0, 0.1) is 5.92 Å². The van der Waals surface area contributed by atoms with E-state index in [1.54, 1.807) is 9.42 Å². The number of amides is 1. The first-order valence-corrected chi connectivity index (χ1v) is 7.47. The molecule has 94 valence electrons. The van der Waals surface area contributed by atoms with E-state index < -0.39 is 0 Å². The van der Waals surface area contributed by atoms with Crippen LogP contribution in [-0.4, -0.2) is 32.4 Å². The van der Waals surface area contributed by atoms with E-state index in [0.717, 1.165) is 15.4 Å². The molecule has 0 radical (unpaired) electrons. The molecule has 0 saturated carbocycles. The van der Waals surface area contributed by atoms with E-state index in [1.165, 1.54) is 0 Å². The minimum Gasteiger partial charge on any atom is -0.279 e. The lowest BCUT2D eigenvalue weighted by Gasteiger charge is -2.10. The van der Waals surface area contributed by atoms with E-state index in [9.17, 15) is 4.79 Å². The van der Waals surface area contributed by atoms with Gasteiger partial charge in [0.1, 0.15) is 0 Å². The average Bonchev–Trinajstić information content (AvgIpc) is 2.91. The zero-order valence-electron chi connectivity index (χ0n) is 9.38. The van der Waals surface area contributed by atoms with Crippen molar-refractivity contribution >= 4 is 49.4 Å². The van der Waals surface area contributed by atoms with Gasteiger partial charge in [-0.3, -0.25) is 9.69 Å². The van der Waals surface area contributed by atoms with Gasteiger partial charge < -0.3 is 0 Å². The molecule has 1 atom stereocenters. The number of fused-ring (bicyclic) bond motifs is 1. The van der Waals surface area contributed by atoms with Gasteiger partial charge in [-0.2, -0.15) is 4.98 Å². The van der Waals surface area contributed by atoms with Gasteiger partial charge in [0, 0.05) is 29.0 Å². The van der Waals surface area contributed by atoms with Crippen LogP contribution < -0.4 is 4.90 Å². The molecule has 7 heteroatoms. The normalized spacial score (nSPS) is 20.0. The van der Waals surface area contributed by atoms with E-state index in [1.807, 2.05) is 18.3 Å². The fourth-order valence-corrected chi connectivity index (χ4v) is 2.79. The number of carbonyl (C=O) groups is 1. The number of carbonyl (C=O) groups excluding carboxylic acids is 1. The molecule has 3 rings (SSSR count). The summed E-state index contributed by atoms with van der Waals surface area (Å²) in [6.07, 6.45) is 2.38. The quantitative estimate of drug-likeness (QED) is 0.758. The summed E-state index contributed by atoms with van der Waals surface area (Å²) in [6.45, 7) is 0.683. The first kappa shape index (κ1) is 12.1. The lowest BCUT2D eigenvalue weighted by Crippen LogP contribution is -2.25. The molecule has 2 aromatic rings. The second kappa shape index (κ2) is 4.62. The predicted molar refractivity (Wildman–Crippen MR) is 74.9 cm³/mol. The number of hydrogen-bond donors (Lipinski definition) is 0. The summed E-state index contributed by atoms with van der Waals surface area (Å²) >= 11 is 6.81. The molecule has 1 saturated heterocycles. The number of alkyl halides is 1. The Morgan fingerprint density at radius 2 is 2.33 bits per heavy atom. The molecule has 1 unspecified atom stereocenters. The smallest absolute Gasteiger partial charge is 0.252 e. The van der Waals surface area contributed by atoms with Gasteiger partial charge in [0.15, 0.2) is 5.65 Å². The second-order valence-corrected chi connectivity index (χ2v) is 5.85. The average molecular weight is 374 g/mol. The summed E-state index contributed by atoms with van der Waals surface area (Å²) in [4.78, 5) is 17.9. The molecule has 3 heterocycles. The Kier molecular flexibility index (Phi) is 3.11. The van der Waals surface area contributed by atoms with Crippen LogP contribution in [0.5, 0.6) is 0 Å². The Morgan fingerprint density at radius 1 is 1.50 bits per heavy atom. The summed E-state index contributed by atoms with van der Waals surface area (Å²) in [5.74, 6) is 0.923. The summed E-state index contributed by atoms with van der Waals surface area (Å²) < 4.78 is 2.62. The predicted octanol–water partition coefficient (Wildman–Crippen LogP) is 2.24. The molecule has 0 bridgehead atoms. The van der Waals surface area contributed by atoms with Crippen molar-refractivity contribution in [2.45, 2.75) is 6.42 Å². The minimum atomic E-state index is 0.0921. The highest BCUT2D eigenvalue weighted by atomic mass is 79.9. The number of halogens is 2. The fraction of sp³-hybridized carbons (Fsp3) is 0.364. The highest BCUT2D eigenvalue weighted by Gasteiger charge is 2.32. The standard InChI is InChI=1S/C11H10Br2N4O/c12-5-7-3-10(18)16(6-7)11-14-9-4-8(13)1-2-17(9)15-11/h1-2,4,7H,3,5-6H2. The number of rotatable bonds is 2. The van der Waals surface area contributed by atoms with Crippen LogP contribution >= 0.6 is 31.9 Å². The summed E-state index contributed by atoms with van der Waals surface area (Å²) in [7, 11) is 0. The minimum absolute atomic E-state index is 0.0921. The van der Waals surface area contributed by atoms with E-state index in [0.29, 0.717) is 24.8 Å². The molecular weight excluding hydrogens is 364 g/mol. The Balaban J connectivity index is 1.97. The second-order valence-electron chi connectivity index (χ2n) is 4.29. The van der Waals surface area contributed by atoms with Crippen molar-refractivity contribution in [1.29, 1.82) is 0 Å². The number of pyridine rings is 1. The van der Waals surface area contributed by atoms with Crippen molar-refractivity contribution in [1.82, 2.24) is 14.6 Å². The van der Waals surface area contributed by atoms with Gasteiger partial charge in [0.05, 0.1) is 0 Å². The zero-order valence-corrected chi connectivity index (χ0v) is 12.6.